The summed E-state index contributed by atoms with van der Waals surface area (Å²) in [6.45, 7) is 0.399. The molecule has 1 amide bonds. The van der Waals surface area contributed by atoms with Crippen LogP contribution >= 0.6 is 0 Å². The van der Waals surface area contributed by atoms with Crippen LogP contribution in [0.5, 0.6) is 0 Å². The molecular weight excluding hydrogens is 218 g/mol. The average molecular weight is 229 g/mol. The molecule has 0 radical (unpaired) electrons. The minimum absolute atomic E-state index is 0.252. The third-order valence-corrected chi connectivity index (χ3v) is 2.08. The summed E-state index contributed by atoms with van der Waals surface area (Å²) >= 11 is 0. The highest BCUT2D eigenvalue weighted by atomic mass is 16.2. The van der Waals surface area contributed by atoms with Gasteiger partial charge >= 0.3 is 0 Å². The number of pyridine rings is 1. The molecule has 0 fully saturated rings. The van der Waals surface area contributed by atoms with E-state index in [4.69, 9.17) is 5.73 Å². The van der Waals surface area contributed by atoms with Gasteiger partial charge in [0, 0.05) is 25.1 Å². The van der Waals surface area contributed by atoms with Crippen LogP contribution < -0.4 is 11.1 Å². The Balaban J connectivity index is 2.09. The number of hydrogen-bond acceptors (Lipinski definition) is 5. The smallest absolute Gasteiger partial charge is 0.276 e. The third-order valence-electron chi connectivity index (χ3n) is 2.08. The summed E-state index contributed by atoms with van der Waals surface area (Å²) in [6.07, 6.45) is 4.67. The van der Waals surface area contributed by atoms with Crippen molar-refractivity contribution in [1.82, 2.24) is 15.0 Å². The highest BCUT2D eigenvalue weighted by Gasteiger charge is 2.08. The Kier molecular flexibility index (Phi) is 3.37. The Hall–Kier alpha value is -2.34. The maximum atomic E-state index is 11.7. The zero-order valence-electron chi connectivity index (χ0n) is 9.00. The highest BCUT2D eigenvalue weighted by Crippen LogP contribution is 2.02. The lowest BCUT2D eigenvalue weighted by Crippen LogP contribution is -2.15. The number of aromatic nitrogens is 3. The molecule has 6 heteroatoms. The van der Waals surface area contributed by atoms with Crippen molar-refractivity contribution >= 4 is 11.9 Å². The van der Waals surface area contributed by atoms with Crippen LogP contribution in [0.15, 0.2) is 36.8 Å². The number of carbonyl (C=O) groups excluding carboxylic acids is 1. The van der Waals surface area contributed by atoms with Gasteiger partial charge in [0.1, 0.15) is 5.69 Å². The maximum Gasteiger partial charge on any atom is 0.276 e. The van der Waals surface area contributed by atoms with Crippen molar-refractivity contribution in [1.29, 1.82) is 0 Å². The van der Waals surface area contributed by atoms with Gasteiger partial charge in [0.05, 0.1) is 0 Å². The Morgan fingerprint density at radius 1 is 1.24 bits per heavy atom. The molecule has 86 valence electrons. The first-order chi connectivity index (χ1) is 8.29. The van der Waals surface area contributed by atoms with Crippen LogP contribution in [0.4, 0.5) is 5.95 Å². The van der Waals surface area contributed by atoms with E-state index >= 15 is 0 Å². The fraction of sp³-hybridized carbons (Fsp3) is 0.0909. The highest BCUT2D eigenvalue weighted by molar-refractivity contribution is 6.01. The van der Waals surface area contributed by atoms with Crippen molar-refractivity contribution in [3.05, 3.63) is 48.0 Å². The van der Waals surface area contributed by atoms with Crippen molar-refractivity contribution in [2.24, 2.45) is 5.73 Å². The van der Waals surface area contributed by atoms with Crippen LogP contribution in [0.1, 0.15) is 16.1 Å². The standard InChI is InChI=1S/C11H11N5O/c12-6-8-2-3-9(15-7-8)10(17)16-11-13-4-1-5-14-11/h1-5,7H,6,12H2,(H,13,14,16,17). The van der Waals surface area contributed by atoms with E-state index in [2.05, 4.69) is 20.3 Å². The van der Waals surface area contributed by atoms with Crippen LogP contribution in [0, 0.1) is 0 Å². The molecule has 0 unspecified atom stereocenters. The van der Waals surface area contributed by atoms with Gasteiger partial charge in [-0.1, -0.05) is 6.07 Å². The van der Waals surface area contributed by atoms with Gasteiger partial charge in [-0.25, -0.2) is 9.97 Å². The van der Waals surface area contributed by atoms with Gasteiger partial charge in [-0.15, -0.1) is 0 Å². The van der Waals surface area contributed by atoms with Crippen molar-refractivity contribution < 1.29 is 4.79 Å². The molecular formula is C11H11N5O. The summed E-state index contributed by atoms with van der Waals surface area (Å²) in [6, 6.07) is 5.04. The number of hydrogen-bond donors (Lipinski definition) is 2. The van der Waals surface area contributed by atoms with Crippen LogP contribution in [0.3, 0.4) is 0 Å². The first-order valence-corrected chi connectivity index (χ1v) is 5.03. The molecule has 2 aromatic heterocycles. The van der Waals surface area contributed by atoms with Crippen LogP contribution in [-0.4, -0.2) is 20.9 Å². The molecule has 2 heterocycles. The number of carbonyl (C=O) groups is 1. The second-order valence-corrected chi connectivity index (χ2v) is 3.28. The van der Waals surface area contributed by atoms with Crippen molar-refractivity contribution in [3.8, 4) is 0 Å². The van der Waals surface area contributed by atoms with E-state index < -0.39 is 0 Å². The maximum absolute atomic E-state index is 11.7. The summed E-state index contributed by atoms with van der Waals surface area (Å²) in [4.78, 5) is 23.5. The predicted molar refractivity (Wildman–Crippen MR) is 62.1 cm³/mol. The first kappa shape index (κ1) is 11.2. The van der Waals surface area contributed by atoms with Crippen LogP contribution in [0.2, 0.25) is 0 Å². The van der Waals surface area contributed by atoms with Gasteiger partial charge in [-0.2, -0.15) is 0 Å². The molecule has 2 aromatic rings. The molecule has 3 N–H and O–H groups in total. The Morgan fingerprint density at radius 2 is 2.00 bits per heavy atom. The second kappa shape index (κ2) is 5.13. The lowest BCUT2D eigenvalue weighted by Gasteiger charge is -2.02. The average Bonchev–Trinajstić information content (AvgIpc) is 2.40. The largest absolute Gasteiger partial charge is 0.326 e. The predicted octanol–water partition coefficient (Wildman–Crippen LogP) is 0.583. The van der Waals surface area contributed by atoms with Crippen LogP contribution in [0.25, 0.3) is 0 Å². The minimum Gasteiger partial charge on any atom is -0.326 e. The fourth-order valence-electron chi connectivity index (χ4n) is 1.21. The van der Waals surface area contributed by atoms with Crippen LogP contribution in [-0.2, 0) is 6.54 Å². The van der Waals surface area contributed by atoms with E-state index in [9.17, 15) is 4.79 Å². The monoisotopic (exact) mass is 229 g/mol. The summed E-state index contributed by atoms with van der Waals surface area (Å²) < 4.78 is 0. The van der Waals surface area contributed by atoms with E-state index in [0.717, 1.165) is 5.56 Å². The number of amides is 1. The van der Waals surface area contributed by atoms with Crippen molar-refractivity contribution in [2.45, 2.75) is 6.54 Å². The zero-order chi connectivity index (χ0) is 12.1. The van der Waals surface area contributed by atoms with Gasteiger partial charge in [0.15, 0.2) is 0 Å². The topological polar surface area (TPSA) is 93.8 Å². The quantitative estimate of drug-likeness (QED) is 0.803. The molecule has 0 spiro atoms. The molecule has 0 bridgehead atoms. The third kappa shape index (κ3) is 2.82. The SMILES string of the molecule is NCc1ccc(C(=O)Nc2ncccn2)nc1. The first-order valence-electron chi connectivity index (χ1n) is 5.03. The molecule has 0 aliphatic rings. The lowest BCUT2D eigenvalue weighted by molar-refractivity contribution is 0.102. The second-order valence-electron chi connectivity index (χ2n) is 3.28. The van der Waals surface area contributed by atoms with E-state index in [-0.39, 0.29) is 11.9 Å². The Labute approximate surface area is 97.9 Å². The molecule has 0 aliphatic carbocycles. The molecule has 0 aromatic carbocycles. The number of nitrogens with two attached hydrogens (primary N) is 1. The summed E-state index contributed by atoms with van der Waals surface area (Å²) in [7, 11) is 0. The van der Waals surface area contributed by atoms with Gasteiger partial charge in [-0.05, 0) is 17.7 Å². The summed E-state index contributed by atoms with van der Waals surface area (Å²) in [5.74, 6) is -0.0954. The molecule has 0 saturated heterocycles. The summed E-state index contributed by atoms with van der Waals surface area (Å²) in [5, 5.41) is 2.54. The zero-order valence-corrected chi connectivity index (χ0v) is 9.00. The van der Waals surface area contributed by atoms with Crippen molar-refractivity contribution in [3.63, 3.8) is 0 Å². The Morgan fingerprint density at radius 3 is 2.59 bits per heavy atom. The molecule has 0 aliphatic heterocycles. The number of nitrogens with zero attached hydrogens (tertiary/aromatic N) is 3. The molecule has 17 heavy (non-hydrogen) atoms. The van der Waals surface area contributed by atoms with Crippen molar-refractivity contribution in [2.75, 3.05) is 5.32 Å². The lowest BCUT2D eigenvalue weighted by atomic mass is 10.2. The molecule has 0 saturated carbocycles. The van der Waals surface area contributed by atoms with E-state index in [0.29, 0.717) is 12.2 Å². The molecule has 6 nitrogen and oxygen atoms in total. The van der Waals surface area contributed by atoms with E-state index in [1.807, 2.05) is 0 Å². The number of rotatable bonds is 3. The van der Waals surface area contributed by atoms with Gasteiger partial charge in [0.2, 0.25) is 5.95 Å². The van der Waals surface area contributed by atoms with E-state index in [1.165, 1.54) is 0 Å². The Bertz CT molecular complexity index is 497. The molecule has 0 atom stereocenters. The number of anilines is 1. The molecule has 2 rings (SSSR count). The summed E-state index contributed by atoms with van der Waals surface area (Å²) in [5.41, 5.74) is 6.61. The van der Waals surface area contributed by atoms with Gasteiger partial charge in [0.25, 0.3) is 5.91 Å². The van der Waals surface area contributed by atoms with Gasteiger partial charge < -0.3 is 5.73 Å². The normalized spacial score (nSPS) is 9.94. The fourth-order valence-corrected chi connectivity index (χ4v) is 1.21. The number of nitrogens with one attached hydrogen (secondary N) is 1. The van der Waals surface area contributed by atoms with E-state index in [1.54, 1.807) is 36.8 Å². The van der Waals surface area contributed by atoms with Gasteiger partial charge in [-0.3, -0.25) is 15.1 Å². The minimum atomic E-state index is -0.347.